The molecule has 0 spiro atoms. The van der Waals surface area contributed by atoms with E-state index in [1.54, 1.807) is 19.1 Å². The Morgan fingerprint density at radius 3 is 2.69 bits per heavy atom. The summed E-state index contributed by atoms with van der Waals surface area (Å²) in [6.45, 7) is 3.61. The number of aliphatic hydroxyl groups excluding tert-OH is 1. The third-order valence-corrected chi connectivity index (χ3v) is 2.04. The highest BCUT2D eigenvalue weighted by atomic mass is 16.3. The Balaban J connectivity index is 3.29. The van der Waals surface area contributed by atoms with Gasteiger partial charge in [-0.3, -0.25) is 0 Å². The third kappa shape index (κ3) is 1.88. The third-order valence-electron chi connectivity index (χ3n) is 2.04. The topological polar surface area (TPSA) is 44.0 Å². The fourth-order valence-electron chi connectivity index (χ4n) is 1.41. The molecular formula is C11H12NO. The van der Waals surface area contributed by atoms with Gasteiger partial charge in [-0.2, -0.15) is 5.26 Å². The van der Waals surface area contributed by atoms with E-state index in [0.717, 1.165) is 17.5 Å². The molecule has 0 heterocycles. The molecule has 13 heavy (non-hydrogen) atoms. The lowest BCUT2D eigenvalue weighted by molar-refractivity contribution is 0.340. The van der Waals surface area contributed by atoms with Gasteiger partial charge in [0.05, 0.1) is 11.6 Å². The molecule has 0 saturated heterocycles. The Hall–Kier alpha value is -1.33. The van der Waals surface area contributed by atoms with Crippen LogP contribution in [0.4, 0.5) is 0 Å². The summed E-state index contributed by atoms with van der Waals surface area (Å²) in [6.07, 6.45) is 1.03. The Morgan fingerprint density at radius 1 is 1.54 bits per heavy atom. The highest BCUT2D eigenvalue weighted by Gasteiger charge is 2.10. The van der Waals surface area contributed by atoms with Gasteiger partial charge in [0.25, 0.3) is 0 Å². The van der Waals surface area contributed by atoms with Gasteiger partial charge in [-0.05, 0) is 30.5 Å². The quantitative estimate of drug-likeness (QED) is 0.748. The molecule has 1 rings (SSSR count). The normalized spacial score (nSPS) is 10.1. The molecule has 67 valence electrons. The van der Waals surface area contributed by atoms with Crippen molar-refractivity contribution in [2.75, 3.05) is 0 Å². The molecule has 0 aliphatic heterocycles. The summed E-state index contributed by atoms with van der Waals surface area (Å²) in [4.78, 5) is 0. The summed E-state index contributed by atoms with van der Waals surface area (Å²) in [5, 5.41) is 18.2. The van der Waals surface area contributed by atoms with Crippen LogP contribution in [0.2, 0.25) is 0 Å². The summed E-state index contributed by atoms with van der Waals surface area (Å²) >= 11 is 0. The Bertz CT molecular complexity index is 336. The average Bonchev–Trinajstić information content (AvgIpc) is 2.16. The molecule has 1 N–H and O–H groups in total. The molecule has 0 saturated carbocycles. The summed E-state index contributed by atoms with van der Waals surface area (Å²) in [6, 6.07) is 7.50. The molecule has 1 radical (unpaired) electrons. The number of nitriles is 1. The van der Waals surface area contributed by atoms with Crippen molar-refractivity contribution in [1.82, 2.24) is 0 Å². The van der Waals surface area contributed by atoms with Crippen molar-refractivity contribution in [1.29, 1.82) is 5.26 Å². The van der Waals surface area contributed by atoms with E-state index in [-0.39, 0.29) is 6.10 Å². The van der Waals surface area contributed by atoms with E-state index >= 15 is 0 Å². The van der Waals surface area contributed by atoms with Gasteiger partial charge in [0.15, 0.2) is 0 Å². The second kappa shape index (κ2) is 4.06. The predicted molar refractivity (Wildman–Crippen MR) is 50.5 cm³/mol. The Kier molecular flexibility index (Phi) is 3.05. The Labute approximate surface area is 78.4 Å². The summed E-state index contributed by atoms with van der Waals surface area (Å²) in [5.74, 6) is 0. The smallest absolute Gasteiger partial charge is 0.120 e. The standard InChI is InChI=1S/C11H12NO/c1-3-10-9(7-12)5-4-6-11(10)8(2)13/h4-6,13H,3H2,1-2H3. The van der Waals surface area contributed by atoms with Crippen LogP contribution in [0.5, 0.6) is 0 Å². The monoisotopic (exact) mass is 174 g/mol. The highest BCUT2D eigenvalue weighted by Crippen LogP contribution is 2.20. The van der Waals surface area contributed by atoms with Crippen LogP contribution in [0, 0.1) is 17.4 Å². The number of hydrogen-bond acceptors (Lipinski definition) is 2. The van der Waals surface area contributed by atoms with E-state index in [9.17, 15) is 5.11 Å². The molecule has 0 fully saturated rings. The van der Waals surface area contributed by atoms with Crippen molar-refractivity contribution in [2.45, 2.75) is 20.3 Å². The van der Waals surface area contributed by atoms with E-state index < -0.39 is 0 Å². The fraction of sp³-hybridized carbons (Fsp3) is 0.273. The number of benzene rings is 1. The molecule has 2 heteroatoms. The second-order valence-corrected chi connectivity index (χ2v) is 2.88. The number of aliphatic hydroxyl groups is 1. The Morgan fingerprint density at radius 2 is 2.23 bits per heavy atom. The summed E-state index contributed by atoms with van der Waals surface area (Å²) < 4.78 is 0. The predicted octanol–water partition coefficient (Wildman–Crippen LogP) is 2.39. The maximum absolute atomic E-state index is 9.36. The van der Waals surface area contributed by atoms with Crippen molar-refractivity contribution < 1.29 is 5.11 Å². The molecule has 0 unspecified atom stereocenters. The van der Waals surface area contributed by atoms with Gasteiger partial charge in [-0.15, -0.1) is 0 Å². The van der Waals surface area contributed by atoms with Crippen LogP contribution in [-0.4, -0.2) is 5.11 Å². The molecule has 2 nitrogen and oxygen atoms in total. The van der Waals surface area contributed by atoms with Gasteiger partial charge < -0.3 is 5.11 Å². The van der Waals surface area contributed by atoms with E-state index in [1.165, 1.54) is 0 Å². The fourth-order valence-corrected chi connectivity index (χ4v) is 1.41. The molecular weight excluding hydrogens is 162 g/mol. The van der Waals surface area contributed by atoms with Gasteiger partial charge in [-0.1, -0.05) is 19.1 Å². The first-order chi connectivity index (χ1) is 6.20. The number of nitrogens with zero attached hydrogens (tertiary/aromatic N) is 1. The second-order valence-electron chi connectivity index (χ2n) is 2.88. The maximum Gasteiger partial charge on any atom is 0.120 e. The zero-order chi connectivity index (χ0) is 9.84. The summed E-state index contributed by atoms with van der Waals surface area (Å²) in [7, 11) is 0. The largest absolute Gasteiger partial charge is 0.382 e. The molecule has 0 aliphatic carbocycles. The molecule has 0 aliphatic rings. The van der Waals surface area contributed by atoms with E-state index in [0.29, 0.717) is 5.56 Å². The minimum absolute atomic E-state index is 0.272. The van der Waals surface area contributed by atoms with Crippen LogP contribution >= 0.6 is 0 Å². The van der Waals surface area contributed by atoms with Crippen molar-refractivity contribution in [3.63, 3.8) is 0 Å². The molecule has 0 amide bonds. The van der Waals surface area contributed by atoms with E-state index in [2.05, 4.69) is 6.07 Å². The van der Waals surface area contributed by atoms with Crippen molar-refractivity contribution >= 4 is 0 Å². The van der Waals surface area contributed by atoms with Crippen LogP contribution in [0.3, 0.4) is 0 Å². The first-order valence-corrected chi connectivity index (χ1v) is 4.25. The molecule has 0 atom stereocenters. The molecule has 0 bridgehead atoms. The van der Waals surface area contributed by atoms with E-state index in [4.69, 9.17) is 5.26 Å². The number of hydrogen-bond donors (Lipinski definition) is 1. The molecule has 0 aromatic heterocycles. The van der Waals surface area contributed by atoms with Crippen LogP contribution in [0.25, 0.3) is 0 Å². The molecule has 1 aromatic rings. The molecule has 1 aromatic carbocycles. The van der Waals surface area contributed by atoms with Crippen molar-refractivity contribution in [2.24, 2.45) is 0 Å². The van der Waals surface area contributed by atoms with Crippen LogP contribution in [0.15, 0.2) is 18.2 Å². The number of rotatable bonds is 2. The lowest BCUT2D eigenvalue weighted by Crippen LogP contribution is -2.00. The van der Waals surface area contributed by atoms with Gasteiger partial charge in [0.2, 0.25) is 0 Å². The average molecular weight is 174 g/mol. The van der Waals surface area contributed by atoms with Crippen LogP contribution in [0.1, 0.15) is 30.5 Å². The van der Waals surface area contributed by atoms with Gasteiger partial charge in [0.1, 0.15) is 6.10 Å². The highest BCUT2D eigenvalue weighted by molar-refractivity contribution is 5.46. The van der Waals surface area contributed by atoms with Gasteiger partial charge in [-0.25, -0.2) is 0 Å². The minimum Gasteiger partial charge on any atom is -0.382 e. The van der Waals surface area contributed by atoms with E-state index in [1.807, 2.05) is 13.0 Å². The lowest BCUT2D eigenvalue weighted by atomic mass is 9.96. The SMILES string of the molecule is CCc1c(C#N)cccc1[C](C)O. The van der Waals surface area contributed by atoms with Gasteiger partial charge >= 0.3 is 0 Å². The van der Waals surface area contributed by atoms with Crippen molar-refractivity contribution in [3.8, 4) is 6.07 Å². The van der Waals surface area contributed by atoms with Gasteiger partial charge in [0, 0.05) is 0 Å². The maximum atomic E-state index is 9.36. The minimum atomic E-state index is 0.272. The lowest BCUT2D eigenvalue weighted by Gasteiger charge is -2.10. The first kappa shape index (κ1) is 9.76. The zero-order valence-electron chi connectivity index (χ0n) is 7.83. The zero-order valence-corrected chi connectivity index (χ0v) is 7.83. The van der Waals surface area contributed by atoms with Crippen molar-refractivity contribution in [3.05, 3.63) is 41.0 Å². The van der Waals surface area contributed by atoms with Crippen LogP contribution < -0.4 is 0 Å². The summed E-state index contributed by atoms with van der Waals surface area (Å²) in [5.41, 5.74) is 2.35. The first-order valence-electron chi connectivity index (χ1n) is 4.25. The van der Waals surface area contributed by atoms with Crippen LogP contribution in [-0.2, 0) is 6.42 Å².